The zero-order chi connectivity index (χ0) is 23.3. The lowest BCUT2D eigenvalue weighted by molar-refractivity contribution is -0.128. The third-order valence-electron chi connectivity index (χ3n) is 5.04. The van der Waals surface area contributed by atoms with Crippen LogP contribution in [0.1, 0.15) is 27.9 Å². The molecule has 0 unspecified atom stereocenters. The predicted molar refractivity (Wildman–Crippen MR) is 129 cm³/mol. The number of likely N-dealkylation sites (N-methyl/N-ethyl adjacent to an activating group) is 1. The van der Waals surface area contributed by atoms with Crippen LogP contribution in [0.2, 0.25) is 5.15 Å². The molecule has 0 spiro atoms. The minimum absolute atomic E-state index is 0.0277. The number of anilines is 1. The minimum atomic E-state index is -0.274. The number of carbonyl (C=O) groups is 2. The highest BCUT2D eigenvalue weighted by Gasteiger charge is 2.12. The summed E-state index contributed by atoms with van der Waals surface area (Å²) in [6.07, 6.45) is 3.44. The molecule has 0 saturated heterocycles. The van der Waals surface area contributed by atoms with Gasteiger partial charge in [0.25, 0.3) is 0 Å². The molecule has 0 fully saturated rings. The standard InChI is InChI=1S/C25H27ClN4O2/c1-17-5-7-20(8-6-17)16-30-25(26)22(18(2)28-30)13-14-23(31)27-21-11-9-19(10-12-21)15-24(32)29(3)4/h5-14H,15-16H2,1-4H3,(H,27,31). The van der Waals surface area contributed by atoms with Gasteiger partial charge in [0.15, 0.2) is 0 Å². The Morgan fingerprint density at radius 1 is 1.03 bits per heavy atom. The molecule has 3 rings (SSSR count). The van der Waals surface area contributed by atoms with Crippen LogP contribution in [0.15, 0.2) is 54.6 Å². The number of aromatic nitrogens is 2. The molecular weight excluding hydrogens is 424 g/mol. The van der Waals surface area contributed by atoms with E-state index in [-0.39, 0.29) is 11.8 Å². The molecule has 1 heterocycles. The normalized spacial score (nSPS) is 11.0. The number of carbonyl (C=O) groups excluding carboxylic acids is 2. The van der Waals surface area contributed by atoms with Crippen molar-refractivity contribution in [2.75, 3.05) is 19.4 Å². The fourth-order valence-electron chi connectivity index (χ4n) is 3.11. The molecule has 0 radical (unpaired) electrons. The van der Waals surface area contributed by atoms with Crippen LogP contribution >= 0.6 is 11.6 Å². The van der Waals surface area contributed by atoms with E-state index in [2.05, 4.69) is 22.5 Å². The summed E-state index contributed by atoms with van der Waals surface area (Å²) in [6.45, 7) is 4.47. The molecule has 6 nitrogen and oxygen atoms in total. The smallest absolute Gasteiger partial charge is 0.248 e. The molecule has 0 aliphatic carbocycles. The Kier molecular flexibility index (Phi) is 7.49. The lowest BCUT2D eigenvalue weighted by Crippen LogP contribution is -2.23. The third-order valence-corrected chi connectivity index (χ3v) is 5.44. The number of aryl methyl sites for hydroxylation is 2. The van der Waals surface area contributed by atoms with E-state index in [1.165, 1.54) is 11.6 Å². The van der Waals surface area contributed by atoms with Gasteiger partial charge < -0.3 is 10.2 Å². The van der Waals surface area contributed by atoms with Gasteiger partial charge in [-0.2, -0.15) is 5.10 Å². The van der Waals surface area contributed by atoms with Crippen LogP contribution in [0.3, 0.4) is 0 Å². The van der Waals surface area contributed by atoms with Crippen LogP contribution in [0.4, 0.5) is 5.69 Å². The Balaban J connectivity index is 1.63. The Morgan fingerprint density at radius 2 is 1.66 bits per heavy atom. The average Bonchev–Trinajstić information content (AvgIpc) is 3.02. The summed E-state index contributed by atoms with van der Waals surface area (Å²) in [5.41, 5.74) is 5.30. The molecule has 3 aromatic rings. The summed E-state index contributed by atoms with van der Waals surface area (Å²) in [5, 5.41) is 7.81. The molecule has 2 amide bonds. The second-order valence-electron chi connectivity index (χ2n) is 7.92. The maximum Gasteiger partial charge on any atom is 0.248 e. The van der Waals surface area contributed by atoms with E-state index in [0.29, 0.717) is 29.4 Å². The summed E-state index contributed by atoms with van der Waals surface area (Å²) in [5.74, 6) is -0.247. The van der Waals surface area contributed by atoms with Crippen molar-refractivity contribution in [3.8, 4) is 0 Å². The molecule has 166 valence electrons. The number of benzene rings is 2. The van der Waals surface area contributed by atoms with E-state index in [4.69, 9.17) is 11.6 Å². The van der Waals surface area contributed by atoms with E-state index in [1.807, 2.05) is 38.1 Å². The van der Waals surface area contributed by atoms with Gasteiger partial charge in [0.05, 0.1) is 18.7 Å². The molecule has 0 saturated carbocycles. The molecule has 32 heavy (non-hydrogen) atoms. The SMILES string of the molecule is Cc1ccc(Cn2nc(C)c(C=CC(=O)Nc3ccc(CC(=O)N(C)C)cc3)c2Cl)cc1. The highest BCUT2D eigenvalue weighted by atomic mass is 35.5. The Bertz CT molecular complexity index is 1130. The number of nitrogens with one attached hydrogen (secondary N) is 1. The molecular formula is C25H27ClN4O2. The summed E-state index contributed by atoms with van der Waals surface area (Å²) < 4.78 is 1.73. The van der Waals surface area contributed by atoms with Crippen LogP contribution in [-0.4, -0.2) is 40.6 Å². The van der Waals surface area contributed by atoms with Crippen molar-refractivity contribution in [1.82, 2.24) is 14.7 Å². The van der Waals surface area contributed by atoms with Gasteiger partial charge in [0.2, 0.25) is 11.8 Å². The van der Waals surface area contributed by atoms with Crippen LogP contribution in [0.5, 0.6) is 0 Å². The van der Waals surface area contributed by atoms with Crippen molar-refractivity contribution in [3.05, 3.63) is 87.7 Å². The van der Waals surface area contributed by atoms with Crippen molar-refractivity contribution in [3.63, 3.8) is 0 Å². The van der Waals surface area contributed by atoms with Gasteiger partial charge in [0, 0.05) is 31.4 Å². The third kappa shape index (κ3) is 6.08. The van der Waals surface area contributed by atoms with E-state index in [9.17, 15) is 9.59 Å². The fourth-order valence-corrected chi connectivity index (χ4v) is 3.41. The highest BCUT2D eigenvalue weighted by molar-refractivity contribution is 6.31. The molecule has 0 aliphatic rings. The highest BCUT2D eigenvalue weighted by Crippen LogP contribution is 2.22. The zero-order valence-electron chi connectivity index (χ0n) is 18.7. The molecule has 2 aromatic carbocycles. The van der Waals surface area contributed by atoms with E-state index < -0.39 is 0 Å². The van der Waals surface area contributed by atoms with Gasteiger partial charge in [-0.1, -0.05) is 53.6 Å². The van der Waals surface area contributed by atoms with Crippen LogP contribution in [0, 0.1) is 13.8 Å². The van der Waals surface area contributed by atoms with Crippen molar-refractivity contribution in [2.45, 2.75) is 26.8 Å². The number of hydrogen-bond donors (Lipinski definition) is 1. The largest absolute Gasteiger partial charge is 0.349 e. The number of halogens is 1. The summed E-state index contributed by atoms with van der Waals surface area (Å²) in [4.78, 5) is 25.7. The van der Waals surface area contributed by atoms with Crippen molar-refractivity contribution >= 4 is 35.2 Å². The number of amides is 2. The van der Waals surface area contributed by atoms with E-state index in [0.717, 1.165) is 16.8 Å². The quantitative estimate of drug-likeness (QED) is 0.539. The van der Waals surface area contributed by atoms with Crippen molar-refractivity contribution in [1.29, 1.82) is 0 Å². The van der Waals surface area contributed by atoms with Crippen molar-refractivity contribution < 1.29 is 9.59 Å². The van der Waals surface area contributed by atoms with Gasteiger partial charge >= 0.3 is 0 Å². The first-order valence-electron chi connectivity index (χ1n) is 10.3. The first kappa shape index (κ1) is 23.3. The Hall–Kier alpha value is -3.38. The van der Waals surface area contributed by atoms with Gasteiger partial charge in [-0.05, 0) is 43.2 Å². The lowest BCUT2D eigenvalue weighted by Gasteiger charge is -2.10. The lowest BCUT2D eigenvalue weighted by atomic mass is 10.1. The molecule has 0 bridgehead atoms. The number of hydrogen-bond acceptors (Lipinski definition) is 3. The number of nitrogens with zero attached hydrogens (tertiary/aromatic N) is 3. The maximum atomic E-state index is 12.4. The topological polar surface area (TPSA) is 67.2 Å². The maximum absolute atomic E-state index is 12.4. The van der Waals surface area contributed by atoms with Crippen LogP contribution in [0.25, 0.3) is 6.08 Å². The summed E-state index contributed by atoms with van der Waals surface area (Å²) in [6, 6.07) is 15.4. The van der Waals surface area contributed by atoms with Crippen LogP contribution < -0.4 is 5.32 Å². The van der Waals surface area contributed by atoms with Gasteiger partial charge in [0.1, 0.15) is 5.15 Å². The van der Waals surface area contributed by atoms with Crippen molar-refractivity contribution in [2.24, 2.45) is 0 Å². The number of rotatable bonds is 7. The first-order chi connectivity index (χ1) is 15.2. The molecule has 1 aromatic heterocycles. The molecule has 0 atom stereocenters. The second kappa shape index (κ2) is 10.3. The fraction of sp³-hybridized carbons (Fsp3) is 0.240. The summed E-state index contributed by atoms with van der Waals surface area (Å²) >= 11 is 6.52. The average molecular weight is 451 g/mol. The van der Waals surface area contributed by atoms with Crippen LogP contribution in [-0.2, 0) is 22.6 Å². The Labute approximate surface area is 193 Å². The second-order valence-corrected chi connectivity index (χ2v) is 8.28. The zero-order valence-corrected chi connectivity index (χ0v) is 19.5. The minimum Gasteiger partial charge on any atom is -0.349 e. The predicted octanol–water partition coefficient (Wildman–Crippen LogP) is 4.48. The monoisotopic (exact) mass is 450 g/mol. The first-order valence-corrected chi connectivity index (χ1v) is 10.7. The molecule has 0 aliphatic heterocycles. The van der Waals surface area contributed by atoms with Gasteiger partial charge in [-0.25, -0.2) is 4.68 Å². The van der Waals surface area contributed by atoms with E-state index >= 15 is 0 Å². The molecule has 1 N–H and O–H groups in total. The summed E-state index contributed by atoms with van der Waals surface area (Å²) in [7, 11) is 3.45. The molecule has 7 heteroatoms. The Morgan fingerprint density at radius 3 is 2.28 bits per heavy atom. The van der Waals surface area contributed by atoms with Gasteiger partial charge in [-0.15, -0.1) is 0 Å². The van der Waals surface area contributed by atoms with E-state index in [1.54, 1.807) is 41.9 Å². The van der Waals surface area contributed by atoms with Gasteiger partial charge in [-0.3, -0.25) is 9.59 Å².